The highest BCUT2D eigenvalue weighted by Gasteiger charge is 2.35. The molecule has 0 amide bonds. The number of Topliss-reactive ketones (excluding diaryl/α,β-unsaturated/α-hetero) is 1. The summed E-state index contributed by atoms with van der Waals surface area (Å²) in [5.41, 5.74) is 1.02. The smallest absolute Gasteiger partial charge is 0.168 e. The maximum absolute atomic E-state index is 12.6. The number of aliphatic hydroxyl groups excluding tert-OH is 2. The zero-order valence-electron chi connectivity index (χ0n) is 17.3. The molecule has 2 N–H and O–H groups in total. The van der Waals surface area contributed by atoms with Crippen LogP contribution >= 0.6 is 0 Å². The van der Waals surface area contributed by atoms with Crippen molar-refractivity contribution < 1.29 is 19.7 Å². The summed E-state index contributed by atoms with van der Waals surface area (Å²) in [5.74, 6) is 0.666. The molecule has 0 heterocycles. The van der Waals surface area contributed by atoms with Crippen LogP contribution in [0.25, 0.3) is 0 Å². The van der Waals surface area contributed by atoms with E-state index in [0.29, 0.717) is 37.3 Å². The number of carbonyl (C=O) groups excluding carboxylic acids is 1. The molecule has 0 aromatic carbocycles. The summed E-state index contributed by atoms with van der Waals surface area (Å²) in [6, 6.07) is 0. The average molecular weight is 368 g/mol. The Balaban J connectivity index is 2.75. The van der Waals surface area contributed by atoms with Crippen LogP contribution in [0.2, 0.25) is 0 Å². The van der Waals surface area contributed by atoms with Gasteiger partial charge in [-0.3, -0.25) is 9.79 Å². The zero-order chi connectivity index (χ0) is 19.9. The number of hydrogen-bond acceptors (Lipinski definition) is 5. The fourth-order valence-corrected chi connectivity index (χ4v) is 3.42. The first-order chi connectivity index (χ1) is 12.1. The largest absolute Gasteiger partial charge is 0.511 e. The molecule has 0 saturated carbocycles. The lowest BCUT2D eigenvalue weighted by Crippen LogP contribution is -2.29. The highest BCUT2D eigenvalue weighted by Crippen LogP contribution is 2.36. The summed E-state index contributed by atoms with van der Waals surface area (Å²) in [7, 11) is 1.51. The van der Waals surface area contributed by atoms with Gasteiger partial charge in [0.1, 0.15) is 5.76 Å². The first kappa shape index (κ1) is 22.8. The second-order valence-corrected chi connectivity index (χ2v) is 8.79. The molecule has 2 unspecified atom stereocenters. The summed E-state index contributed by atoms with van der Waals surface area (Å²) < 4.78 is 4.93. The van der Waals surface area contributed by atoms with Crippen molar-refractivity contribution in [3.8, 4) is 0 Å². The van der Waals surface area contributed by atoms with Crippen molar-refractivity contribution in [3.63, 3.8) is 0 Å². The maximum atomic E-state index is 12.6. The predicted molar refractivity (Wildman–Crippen MR) is 105 cm³/mol. The number of rotatable bonds is 10. The molecular formula is C21H37NO4. The van der Waals surface area contributed by atoms with Gasteiger partial charge < -0.3 is 14.9 Å². The first-order valence-corrected chi connectivity index (χ1v) is 9.77. The normalized spacial score (nSPS) is 20.6. The number of allylic oxidation sites excluding steroid dienone is 2. The van der Waals surface area contributed by atoms with Gasteiger partial charge in [0.15, 0.2) is 12.1 Å². The number of unbranched alkanes of at least 4 members (excludes halogenated alkanes) is 1. The maximum Gasteiger partial charge on any atom is 0.168 e. The SMILES string of the molecule is COC(O)C(C)CCCCN=C(CC(C)C)C1=C(O)CC(C)(C)CC1=O. The molecule has 0 bridgehead atoms. The topological polar surface area (TPSA) is 79.1 Å². The Labute approximate surface area is 158 Å². The monoisotopic (exact) mass is 367 g/mol. The molecule has 0 fully saturated rings. The van der Waals surface area contributed by atoms with Gasteiger partial charge in [-0.05, 0) is 30.6 Å². The Hall–Kier alpha value is -1.20. The van der Waals surface area contributed by atoms with Gasteiger partial charge in [0.25, 0.3) is 0 Å². The van der Waals surface area contributed by atoms with Crippen LogP contribution in [0.15, 0.2) is 16.3 Å². The Morgan fingerprint density at radius 2 is 1.88 bits per heavy atom. The number of nitrogens with zero attached hydrogens (tertiary/aromatic N) is 1. The molecule has 5 nitrogen and oxygen atoms in total. The minimum Gasteiger partial charge on any atom is -0.511 e. The minimum absolute atomic E-state index is 0.00925. The van der Waals surface area contributed by atoms with Crippen LogP contribution in [0, 0.1) is 17.3 Å². The zero-order valence-corrected chi connectivity index (χ0v) is 17.3. The molecule has 0 aliphatic heterocycles. The number of hydrogen-bond donors (Lipinski definition) is 2. The van der Waals surface area contributed by atoms with E-state index in [1.807, 2.05) is 20.8 Å². The van der Waals surface area contributed by atoms with E-state index in [0.717, 1.165) is 25.0 Å². The molecule has 0 saturated heterocycles. The van der Waals surface area contributed by atoms with Crippen molar-refractivity contribution in [1.82, 2.24) is 0 Å². The van der Waals surface area contributed by atoms with Gasteiger partial charge >= 0.3 is 0 Å². The van der Waals surface area contributed by atoms with Gasteiger partial charge in [0, 0.05) is 38.1 Å². The number of aliphatic imine (C=N–C) groups is 1. The van der Waals surface area contributed by atoms with Gasteiger partial charge in [0.2, 0.25) is 0 Å². The third kappa shape index (κ3) is 7.20. The van der Waals surface area contributed by atoms with E-state index >= 15 is 0 Å². The highest BCUT2D eigenvalue weighted by atomic mass is 16.6. The summed E-state index contributed by atoms with van der Waals surface area (Å²) >= 11 is 0. The fourth-order valence-electron chi connectivity index (χ4n) is 3.42. The van der Waals surface area contributed by atoms with E-state index in [4.69, 9.17) is 4.74 Å². The van der Waals surface area contributed by atoms with Gasteiger partial charge in [-0.2, -0.15) is 0 Å². The number of methoxy groups -OCH3 is 1. The molecular weight excluding hydrogens is 330 g/mol. The van der Waals surface area contributed by atoms with Crippen molar-refractivity contribution in [3.05, 3.63) is 11.3 Å². The number of ketones is 1. The van der Waals surface area contributed by atoms with E-state index in [2.05, 4.69) is 18.8 Å². The third-order valence-electron chi connectivity index (χ3n) is 4.84. The fraction of sp³-hybridized carbons (Fsp3) is 0.810. The van der Waals surface area contributed by atoms with Crippen molar-refractivity contribution in [2.45, 2.75) is 79.4 Å². The molecule has 0 radical (unpaired) electrons. The van der Waals surface area contributed by atoms with E-state index in [1.165, 1.54) is 7.11 Å². The second kappa shape index (κ2) is 10.2. The van der Waals surface area contributed by atoms with E-state index in [1.54, 1.807) is 0 Å². The summed E-state index contributed by atoms with van der Waals surface area (Å²) in [6.45, 7) is 10.8. The molecule has 0 aromatic rings. The third-order valence-corrected chi connectivity index (χ3v) is 4.84. The number of carbonyl (C=O) groups is 1. The number of ether oxygens (including phenoxy) is 1. The average Bonchev–Trinajstić information content (AvgIpc) is 2.50. The van der Waals surface area contributed by atoms with Gasteiger partial charge in [0.05, 0.1) is 5.57 Å². The Morgan fingerprint density at radius 1 is 1.23 bits per heavy atom. The molecule has 2 atom stereocenters. The Bertz CT molecular complexity index is 534. The molecule has 5 heteroatoms. The van der Waals surface area contributed by atoms with E-state index < -0.39 is 6.29 Å². The van der Waals surface area contributed by atoms with Gasteiger partial charge in [-0.15, -0.1) is 0 Å². The summed E-state index contributed by atoms with van der Waals surface area (Å²) in [5, 5.41) is 20.1. The van der Waals surface area contributed by atoms with Crippen molar-refractivity contribution >= 4 is 11.5 Å². The molecule has 0 aromatic heterocycles. The first-order valence-electron chi connectivity index (χ1n) is 9.77. The molecule has 150 valence electrons. The second-order valence-electron chi connectivity index (χ2n) is 8.79. The van der Waals surface area contributed by atoms with Gasteiger partial charge in [-0.25, -0.2) is 0 Å². The van der Waals surface area contributed by atoms with Crippen molar-refractivity contribution in [2.75, 3.05) is 13.7 Å². The molecule has 1 aliphatic rings. The molecule has 1 rings (SSSR count). The van der Waals surface area contributed by atoms with Crippen LogP contribution in [-0.2, 0) is 9.53 Å². The Kier molecular flexibility index (Phi) is 8.97. The van der Waals surface area contributed by atoms with Crippen LogP contribution in [0.4, 0.5) is 0 Å². The molecule has 26 heavy (non-hydrogen) atoms. The highest BCUT2D eigenvalue weighted by molar-refractivity contribution is 6.23. The molecule has 0 spiro atoms. The number of aliphatic hydroxyl groups is 2. The van der Waals surface area contributed by atoms with Crippen LogP contribution in [0.5, 0.6) is 0 Å². The molecule has 1 aliphatic carbocycles. The van der Waals surface area contributed by atoms with Crippen LogP contribution in [0.1, 0.15) is 73.1 Å². The summed E-state index contributed by atoms with van der Waals surface area (Å²) in [6.07, 6.45) is 3.64. The minimum atomic E-state index is -0.722. The van der Waals surface area contributed by atoms with Crippen LogP contribution in [0.3, 0.4) is 0 Å². The lowest BCUT2D eigenvalue weighted by atomic mass is 9.75. The lowest BCUT2D eigenvalue weighted by molar-refractivity contribution is -0.118. The van der Waals surface area contributed by atoms with E-state index in [-0.39, 0.29) is 22.9 Å². The standard InChI is InChI=1S/C21H37NO4/c1-14(2)11-16(19-17(23)12-21(4,5)13-18(19)24)22-10-8-7-9-15(3)20(25)26-6/h14-15,20,23,25H,7-13H2,1-6H3. The van der Waals surface area contributed by atoms with Crippen molar-refractivity contribution in [1.29, 1.82) is 0 Å². The lowest BCUT2D eigenvalue weighted by Gasteiger charge is -2.30. The van der Waals surface area contributed by atoms with Crippen LogP contribution < -0.4 is 0 Å². The quantitative estimate of drug-likeness (QED) is 0.340. The Morgan fingerprint density at radius 3 is 2.42 bits per heavy atom. The van der Waals surface area contributed by atoms with Crippen molar-refractivity contribution in [2.24, 2.45) is 22.2 Å². The van der Waals surface area contributed by atoms with Gasteiger partial charge in [-0.1, -0.05) is 41.0 Å². The predicted octanol–water partition coefficient (Wildman–Crippen LogP) is 4.45. The van der Waals surface area contributed by atoms with Crippen LogP contribution in [-0.4, -0.2) is 41.7 Å². The summed E-state index contributed by atoms with van der Waals surface area (Å²) in [4.78, 5) is 17.3. The van der Waals surface area contributed by atoms with E-state index in [9.17, 15) is 15.0 Å².